The maximum absolute atomic E-state index is 13.5. The number of halogens is 4. The Morgan fingerprint density at radius 2 is 1.93 bits per heavy atom. The van der Waals surface area contributed by atoms with Crippen molar-refractivity contribution in [1.29, 1.82) is 10.0 Å². The number of carbonyl (C=O) groups is 2. The number of nitrogens with one attached hydrogen (secondary N) is 3. The zero-order valence-corrected chi connectivity index (χ0v) is 23.4. The molecule has 15 heteroatoms. The maximum atomic E-state index is 13.5. The number of hydrogen-bond acceptors (Lipinski definition) is 7. The van der Waals surface area contributed by atoms with E-state index in [9.17, 15) is 32.2 Å². The van der Waals surface area contributed by atoms with Crippen LogP contribution in [0.1, 0.15) is 57.9 Å². The number of nitriles is 1. The van der Waals surface area contributed by atoms with E-state index in [1.807, 2.05) is 6.07 Å². The van der Waals surface area contributed by atoms with Crippen molar-refractivity contribution in [2.24, 2.45) is 0 Å². The average molecular weight is 596 g/mol. The minimum Gasteiger partial charge on any atom is -0.346 e. The highest BCUT2D eigenvalue weighted by Gasteiger charge is 2.37. The highest BCUT2D eigenvalue weighted by Crippen LogP contribution is 2.31. The van der Waals surface area contributed by atoms with Gasteiger partial charge in [0.1, 0.15) is 5.69 Å². The molecule has 0 fully saturated rings. The number of anilines is 1. The summed E-state index contributed by atoms with van der Waals surface area (Å²) in [4.78, 5) is 30.8. The molecule has 3 rings (SSSR count). The summed E-state index contributed by atoms with van der Waals surface area (Å²) in [6, 6.07) is 7.86. The first-order valence-corrected chi connectivity index (χ1v) is 14.2. The fourth-order valence-corrected chi connectivity index (χ4v) is 5.62. The molecule has 0 saturated carbocycles. The molecule has 3 N–H and O–H groups in total. The topological polar surface area (TPSA) is 154 Å². The molecule has 2 aromatic heterocycles. The molecule has 2 amide bonds. The number of hydrogen-bond donors (Lipinski definition) is 3. The summed E-state index contributed by atoms with van der Waals surface area (Å²) in [6.07, 6.45) is -2.07. The molecule has 2 atom stereocenters. The van der Waals surface area contributed by atoms with E-state index in [1.54, 1.807) is 13.8 Å². The number of benzene rings is 1. The lowest BCUT2D eigenvalue weighted by Crippen LogP contribution is -2.50. The van der Waals surface area contributed by atoms with Crippen LogP contribution in [0.25, 0.3) is 5.82 Å². The second kappa shape index (κ2) is 11.3. The smallest absolute Gasteiger partial charge is 0.346 e. The Morgan fingerprint density at radius 1 is 1.25 bits per heavy atom. The second-order valence-electron chi connectivity index (χ2n) is 9.43. The van der Waals surface area contributed by atoms with Crippen LogP contribution in [0.5, 0.6) is 0 Å². The van der Waals surface area contributed by atoms with Gasteiger partial charge in [-0.15, -0.1) is 0 Å². The van der Waals surface area contributed by atoms with Crippen molar-refractivity contribution in [2.45, 2.75) is 38.9 Å². The van der Waals surface area contributed by atoms with Crippen LogP contribution in [0.3, 0.4) is 0 Å². The van der Waals surface area contributed by atoms with Crippen molar-refractivity contribution < 1.29 is 27.0 Å². The van der Waals surface area contributed by atoms with Gasteiger partial charge in [-0.2, -0.15) is 23.5 Å². The zero-order chi connectivity index (χ0) is 30.0. The molecule has 10 nitrogen and oxygen atoms in total. The number of aromatic nitrogens is 3. The molecule has 0 saturated heterocycles. The van der Waals surface area contributed by atoms with E-state index in [-0.39, 0.29) is 39.0 Å². The third-order valence-corrected chi connectivity index (χ3v) is 7.39. The molecular formula is C25H25ClF3N7O3S. The highest BCUT2D eigenvalue weighted by atomic mass is 35.5. The minimum atomic E-state index is -4.89. The van der Waals surface area contributed by atoms with E-state index in [1.165, 1.54) is 43.6 Å². The molecule has 3 aromatic rings. The molecular weight excluding hydrogens is 571 g/mol. The van der Waals surface area contributed by atoms with Crippen LogP contribution < -0.4 is 10.6 Å². The van der Waals surface area contributed by atoms with Gasteiger partial charge in [0.2, 0.25) is 0 Å². The normalized spacial score (nSPS) is 14.5. The van der Waals surface area contributed by atoms with Gasteiger partial charge in [0.15, 0.2) is 11.5 Å². The standard InChI is InChI=1S/C25H25ClF3N7O3S/c1-5-24(3,13-40(4,31)39)34-22(37)16-10-15(12-30)9-14(2)20(16)33-23(38)18-11-19(25(27,28)29)35-36(18)21-17(26)7-6-8-32-21/h6-11,31H,5,13H2,1-4H3,(H,33,38)(H,34,37). The third kappa shape index (κ3) is 6.97. The molecule has 2 unspecified atom stereocenters. The summed E-state index contributed by atoms with van der Waals surface area (Å²) < 4.78 is 61.2. The van der Waals surface area contributed by atoms with Crippen LogP contribution in [0.15, 0.2) is 36.5 Å². The molecule has 0 aliphatic carbocycles. The second-order valence-corrected chi connectivity index (χ2v) is 12.1. The van der Waals surface area contributed by atoms with Crippen molar-refractivity contribution in [2.75, 3.05) is 17.3 Å². The quantitative estimate of drug-likeness (QED) is 0.335. The SMILES string of the molecule is CCC(C)(CS(C)(=N)=O)NC(=O)c1cc(C#N)cc(C)c1NC(=O)c1cc(C(F)(F)F)nn1-c1ncccc1Cl. The van der Waals surface area contributed by atoms with Gasteiger partial charge in [0, 0.05) is 33.8 Å². The predicted octanol–water partition coefficient (Wildman–Crippen LogP) is 4.95. The first kappa shape index (κ1) is 30.6. The molecule has 0 bridgehead atoms. The van der Waals surface area contributed by atoms with E-state index < -0.39 is 44.6 Å². The highest BCUT2D eigenvalue weighted by molar-refractivity contribution is 7.91. The van der Waals surface area contributed by atoms with Crippen LogP contribution in [-0.2, 0) is 15.9 Å². The summed E-state index contributed by atoms with van der Waals surface area (Å²) in [5.74, 6) is -2.20. The van der Waals surface area contributed by atoms with Gasteiger partial charge < -0.3 is 10.6 Å². The number of carbonyl (C=O) groups excluding carboxylic acids is 2. The van der Waals surface area contributed by atoms with Crippen molar-refractivity contribution in [3.63, 3.8) is 0 Å². The summed E-state index contributed by atoms with van der Waals surface area (Å²) in [7, 11) is -3.01. The lowest BCUT2D eigenvalue weighted by molar-refractivity contribution is -0.141. The monoisotopic (exact) mass is 595 g/mol. The Bertz CT molecular complexity index is 1630. The van der Waals surface area contributed by atoms with E-state index in [2.05, 4.69) is 20.7 Å². The molecule has 2 heterocycles. The van der Waals surface area contributed by atoms with Crippen LogP contribution in [0.4, 0.5) is 18.9 Å². The first-order valence-electron chi connectivity index (χ1n) is 11.7. The number of aryl methyl sites for hydroxylation is 1. The number of alkyl halides is 3. The number of pyridine rings is 1. The van der Waals surface area contributed by atoms with Gasteiger partial charge in [0.05, 0.1) is 33.7 Å². The summed E-state index contributed by atoms with van der Waals surface area (Å²) in [5, 5.41) is 18.1. The average Bonchev–Trinajstić information content (AvgIpc) is 3.30. The Morgan fingerprint density at radius 3 is 2.48 bits per heavy atom. The Hall–Kier alpha value is -3.96. The van der Waals surface area contributed by atoms with Crippen LogP contribution >= 0.6 is 11.6 Å². The minimum absolute atomic E-state index is 0.0660. The van der Waals surface area contributed by atoms with Gasteiger partial charge in [-0.1, -0.05) is 18.5 Å². The van der Waals surface area contributed by atoms with Gasteiger partial charge in [-0.25, -0.2) is 9.67 Å². The van der Waals surface area contributed by atoms with Crippen molar-refractivity contribution >= 4 is 38.8 Å². The van der Waals surface area contributed by atoms with Gasteiger partial charge in [-0.05, 0) is 50.1 Å². The van der Waals surface area contributed by atoms with Crippen LogP contribution in [-0.4, -0.2) is 48.3 Å². The lowest BCUT2D eigenvalue weighted by Gasteiger charge is -2.30. The summed E-state index contributed by atoms with van der Waals surface area (Å²) in [6.45, 7) is 4.84. The summed E-state index contributed by atoms with van der Waals surface area (Å²) >= 11 is 6.11. The van der Waals surface area contributed by atoms with Crippen LogP contribution in [0.2, 0.25) is 5.02 Å². The van der Waals surface area contributed by atoms with Gasteiger partial charge in [0.25, 0.3) is 11.8 Å². The molecule has 0 aliphatic heterocycles. The molecule has 0 aliphatic rings. The molecule has 0 radical (unpaired) electrons. The number of amides is 2. The van der Waals surface area contributed by atoms with Gasteiger partial charge >= 0.3 is 6.18 Å². The molecule has 0 spiro atoms. The number of nitrogens with zero attached hydrogens (tertiary/aromatic N) is 4. The zero-order valence-electron chi connectivity index (χ0n) is 21.8. The Balaban J connectivity index is 2.11. The van der Waals surface area contributed by atoms with Crippen molar-refractivity contribution in [3.8, 4) is 11.9 Å². The third-order valence-electron chi connectivity index (χ3n) is 5.91. The van der Waals surface area contributed by atoms with Crippen molar-refractivity contribution in [1.82, 2.24) is 20.1 Å². The van der Waals surface area contributed by atoms with Crippen LogP contribution in [0, 0.1) is 23.0 Å². The summed E-state index contributed by atoms with van der Waals surface area (Å²) in [5.41, 5.74) is -2.88. The van der Waals surface area contributed by atoms with E-state index in [0.29, 0.717) is 17.2 Å². The number of rotatable bonds is 8. The van der Waals surface area contributed by atoms with Gasteiger partial charge in [-0.3, -0.25) is 18.6 Å². The van der Waals surface area contributed by atoms with E-state index in [0.717, 1.165) is 0 Å². The molecule has 212 valence electrons. The first-order chi connectivity index (χ1) is 18.5. The predicted molar refractivity (Wildman–Crippen MR) is 143 cm³/mol. The Labute approximate surface area is 233 Å². The lowest BCUT2D eigenvalue weighted by atomic mass is 9.98. The van der Waals surface area contributed by atoms with E-state index in [4.69, 9.17) is 16.4 Å². The maximum Gasteiger partial charge on any atom is 0.435 e. The Kier molecular flexibility index (Phi) is 8.61. The van der Waals surface area contributed by atoms with Crippen molar-refractivity contribution in [3.05, 3.63) is 69.6 Å². The molecule has 1 aromatic carbocycles. The fourth-order valence-electron chi connectivity index (χ4n) is 3.93. The molecule has 40 heavy (non-hydrogen) atoms. The fraction of sp³-hybridized carbons (Fsp3) is 0.320. The largest absolute Gasteiger partial charge is 0.435 e. The van der Waals surface area contributed by atoms with E-state index >= 15 is 0 Å².